The van der Waals surface area contributed by atoms with Gasteiger partial charge in [-0.15, -0.1) is 0 Å². The molecule has 0 fully saturated rings. The van der Waals surface area contributed by atoms with Gasteiger partial charge < -0.3 is 9.13 Å². The predicted octanol–water partition coefficient (Wildman–Crippen LogP) is 18.9. The highest BCUT2D eigenvalue weighted by Gasteiger charge is 2.40. The molecule has 0 atom stereocenters. The first-order valence-corrected chi connectivity index (χ1v) is 28.2. The van der Waals surface area contributed by atoms with E-state index in [0.717, 1.165) is 72.4 Å². The summed E-state index contributed by atoms with van der Waals surface area (Å²) in [5, 5.41) is 15.1. The second-order valence-corrected chi connectivity index (χ2v) is 23.0. The Hall–Kier alpha value is -10.5. The van der Waals surface area contributed by atoms with Crippen molar-refractivity contribution in [2.24, 2.45) is 0 Å². The van der Waals surface area contributed by atoms with Crippen LogP contribution < -0.4 is 0 Å². The van der Waals surface area contributed by atoms with Crippen LogP contribution >= 0.6 is 0 Å². The van der Waals surface area contributed by atoms with Gasteiger partial charge in [0, 0.05) is 54.6 Å². The molecule has 6 heteroatoms. The average molecular weight is 1050 g/mol. The summed E-state index contributed by atoms with van der Waals surface area (Å²) in [5.74, 6) is 1.73. The van der Waals surface area contributed by atoms with Gasteiger partial charge in [0.25, 0.3) is 0 Å². The molecule has 0 amide bonds. The molecule has 2 aliphatic rings. The molecule has 0 bridgehead atoms. The molecule has 3 aromatic heterocycles. The normalized spacial score (nSPS) is 13.5. The topological polar surface area (TPSA) is 72.3 Å². The molecule has 0 saturated carbocycles. The third kappa shape index (κ3) is 6.90. The minimum absolute atomic E-state index is 0.238. The van der Waals surface area contributed by atoms with Gasteiger partial charge >= 0.3 is 0 Å². The third-order valence-corrected chi connectivity index (χ3v) is 17.8. The molecular formula is C76H52N6. The van der Waals surface area contributed by atoms with Crippen molar-refractivity contribution in [3.8, 4) is 96.1 Å². The molecule has 6 nitrogen and oxygen atoms in total. The maximum atomic E-state index is 10.2. The van der Waals surface area contributed by atoms with E-state index >= 15 is 0 Å². The summed E-state index contributed by atoms with van der Waals surface area (Å²) >= 11 is 0. The smallest absolute Gasteiger partial charge is 0.166 e. The van der Waals surface area contributed by atoms with E-state index in [1.165, 1.54) is 66.1 Å². The summed E-state index contributed by atoms with van der Waals surface area (Å²) < 4.78 is 4.91. The van der Waals surface area contributed by atoms with Crippen molar-refractivity contribution >= 4 is 43.6 Å². The molecule has 82 heavy (non-hydrogen) atoms. The lowest BCUT2D eigenvalue weighted by molar-refractivity contribution is 0.666. The molecular weight excluding hydrogens is 997 g/mol. The van der Waals surface area contributed by atoms with E-state index < -0.39 is 0 Å². The quantitative estimate of drug-likeness (QED) is 0.159. The molecule has 0 aliphatic heterocycles. The number of benzene rings is 11. The zero-order valence-electron chi connectivity index (χ0n) is 45.8. The first-order valence-electron chi connectivity index (χ1n) is 28.2. The summed E-state index contributed by atoms with van der Waals surface area (Å²) in [4.78, 5) is 16.2. The number of para-hydroxylation sites is 2. The number of nitriles is 1. The molecule has 0 radical (unpaired) electrons. The van der Waals surface area contributed by atoms with Crippen LogP contribution in [0.3, 0.4) is 0 Å². The maximum Gasteiger partial charge on any atom is 0.166 e. The zero-order valence-corrected chi connectivity index (χ0v) is 45.8. The highest BCUT2D eigenvalue weighted by Crippen LogP contribution is 2.56. The zero-order chi connectivity index (χ0) is 55.0. The van der Waals surface area contributed by atoms with Crippen LogP contribution in [-0.2, 0) is 10.8 Å². The van der Waals surface area contributed by atoms with Crippen molar-refractivity contribution < 1.29 is 0 Å². The van der Waals surface area contributed by atoms with E-state index in [1.54, 1.807) is 0 Å². The van der Waals surface area contributed by atoms with Gasteiger partial charge in [0.05, 0.1) is 45.1 Å². The Morgan fingerprint density at radius 1 is 0.329 bits per heavy atom. The van der Waals surface area contributed by atoms with Crippen molar-refractivity contribution in [3.63, 3.8) is 0 Å². The molecule has 0 unspecified atom stereocenters. The number of hydrogen-bond donors (Lipinski definition) is 0. The van der Waals surface area contributed by atoms with Crippen molar-refractivity contribution in [2.75, 3.05) is 0 Å². The molecule has 0 spiro atoms. The Morgan fingerprint density at radius 2 is 0.768 bits per heavy atom. The van der Waals surface area contributed by atoms with Crippen molar-refractivity contribution in [1.29, 1.82) is 5.26 Å². The van der Waals surface area contributed by atoms with Crippen LogP contribution in [-0.4, -0.2) is 24.1 Å². The van der Waals surface area contributed by atoms with Crippen LogP contribution in [0.2, 0.25) is 0 Å². The standard InChI is InChI=1S/C76H52N6/c1-75(2)60-30-15-11-26-52(60)54-36-40-66-68(70(54)75)56-28-13-17-32-62(56)81(66)64-38-34-50(49-25-19-20-46(42-49)45-77)43-58(64)51-35-39-65(59(44-51)74-79-72(47-21-7-5-8-22-47)78-73(80-74)48-23-9-6-10-24-48)82-63-33-18-14-29-57(63)69-67(82)41-37-55-53-27-12-16-31-61(53)76(3,4)71(55)69/h5-44H,1-4H3. The fourth-order valence-electron chi connectivity index (χ4n) is 14.1. The summed E-state index contributed by atoms with van der Waals surface area (Å²) in [7, 11) is 0. The van der Waals surface area contributed by atoms with E-state index in [9.17, 15) is 5.26 Å². The molecule has 2 aliphatic carbocycles. The first kappa shape index (κ1) is 47.5. The Morgan fingerprint density at radius 3 is 1.32 bits per heavy atom. The van der Waals surface area contributed by atoms with Gasteiger partial charge in [-0.2, -0.15) is 5.26 Å². The largest absolute Gasteiger partial charge is 0.309 e. The molecule has 3 heterocycles. The van der Waals surface area contributed by atoms with Crippen LogP contribution in [0.4, 0.5) is 0 Å². The fourth-order valence-corrected chi connectivity index (χ4v) is 14.1. The van der Waals surface area contributed by atoms with E-state index in [2.05, 4.69) is 231 Å². The van der Waals surface area contributed by atoms with Crippen molar-refractivity contribution in [3.05, 3.63) is 270 Å². The van der Waals surface area contributed by atoms with E-state index in [4.69, 9.17) is 15.0 Å². The summed E-state index contributed by atoms with van der Waals surface area (Å²) in [6.45, 7) is 9.49. The van der Waals surface area contributed by atoms with Crippen LogP contribution in [0.5, 0.6) is 0 Å². The van der Waals surface area contributed by atoms with Gasteiger partial charge in [0.15, 0.2) is 17.5 Å². The first-order chi connectivity index (χ1) is 40.2. The van der Waals surface area contributed by atoms with Crippen LogP contribution in [0.1, 0.15) is 55.5 Å². The minimum Gasteiger partial charge on any atom is -0.309 e. The SMILES string of the molecule is CC1(C)c2ccccc2-c2ccc3c(c21)c1ccccc1n3-c1ccc(-c2cccc(C#N)c2)cc1-c1ccc(-n2c3ccccc3c3c4c(ccc32)-c2ccccc2C4(C)C)c(-c2nc(-c3ccccc3)nc(-c3ccccc3)n2)c1. The third-order valence-electron chi connectivity index (χ3n) is 17.8. The second-order valence-electron chi connectivity index (χ2n) is 23.0. The number of nitrogens with zero attached hydrogens (tertiary/aromatic N) is 6. The highest BCUT2D eigenvalue weighted by molar-refractivity contribution is 6.16. The van der Waals surface area contributed by atoms with E-state index in [1.807, 2.05) is 54.6 Å². The molecule has 16 rings (SSSR count). The number of fused-ring (bicyclic) bond motifs is 14. The lowest BCUT2D eigenvalue weighted by Crippen LogP contribution is -2.15. The lowest BCUT2D eigenvalue weighted by Gasteiger charge is -2.23. The van der Waals surface area contributed by atoms with E-state index in [0.29, 0.717) is 23.0 Å². The van der Waals surface area contributed by atoms with Gasteiger partial charge in [-0.3, -0.25) is 0 Å². The Balaban J connectivity index is 1.01. The minimum atomic E-state index is -0.253. The van der Waals surface area contributed by atoms with Crippen molar-refractivity contribution in [1.82, 2.24) is 24.1 Å². The van der Waals surface area contributed by atoms with Crippen LogP contribution in [0, 0.1) is 11.3 Å². The van der Waals surface area contributed by atoms with Gasteiger partial charge in [0.1, 0.15) is 0 Å². The fraction of sp³-hybridized carbons (Fsp3) is 0.0789. The Kier molecular flexibility index (Phi) is 10.3. The van der Waals surface area contributed by atoms with Gasteiger partial charge in [-0.25, -0.2) is 15.0 Å². The number of aromatic nitrogens is 5. The maximum absolute atomic E-state index is 10.2. The van der Waals surface area contributed by atoms with E-state index in [-0.39, 0.29) is 10.8 Å². The molecule has 14 aromatic rings. The average Bonchev–Trinajstić information content (AvgIpc) is 2.93. The molecule has 386 valence electrons. The second kappa shape index (κ2) is 17.8. The molecule has 0 N–H and O–H groups in total. The monoisotopic (exact) mass is 1050 g/mol. The summed E-state index contributed by atoms with van der Waals surface area (Å²) in [5.41, 5.74) is 23.7. The number of rotatable bonds is 7. The summed E-state index contributed by atoms with van der Waals surface area (Å²) in [6, 6.07) is 89.3. The number of hydrogen-bond acceptors (Lipinski definition) is 4. The molecule has 11 aromatic carbocycles. The van der Waals surface area contributed by atoms with Gasteiger partial charge in [-0.05, 0) is 122 Å². The van der Waals surface area contributed by atoms with Crippen molar-refractivity contribution in [2.45, 2.75) is 38.5 Å². The predicted molar refractivity (Wildman–Crippen MR) is 336 cm³/mol. The van der Waals surface area contributed by atoms with Crippen LogP contribution in [0.25, 0.3) is 134 Å². The highest BCUT2D eigenvalue weighted by atomic mass is 15.1. The Bertz CT molecular complexity index is 4990. The van der Waals surface area contributed by atoms with Gasteiger partial charge in [0.2, 0.25) is 0 Å². The van der Waals surface area contributed by atoms with Crippen LogP contribution in [0.15, 0.2) is 243 Å². The lowest BCUT2D eigenvalue weighted by atomic mass is 9.80. The molecule has 0 saturated heterocycles. The Labute approximate surface area is 475 Å². The van der Waals surface area contributed by atoms with Gasteiger partial charge in [-0.1, -0.05) is 210 Å². The summed E-state index contributed by atoms with van der Waals surface area (Å²) in [6.07, 6.45) is 0.